The van der Waals surface area contributed by atoms with Gasteiger partial charge in [0.1, 0.15) is 12.4 Å². The molecule has 27 heavy (non-hydrogen) atoms. The van der Waals surface area contributed by atoms with Gasteiger partial charge >= 0.3 is 6.09 Å². The zero-order chi connectivity index (χ0) is 20.0. The molecule has 2 aromatic heterocycles. The summed E-state index contributed by atoms with van der Waals surface area (Å²) in [6.45, 7) is 8.59. The van der Waals surface area contributed by atoms with E-state index in [2.05, 4.69) is 29.1 Å². The molecule has 2 rings (SSSR count). The summed E-state index contributed by atoms with van der Waals surface area (Å²) in [5, 5.41) is 2.38. The van der Waals surface area contributed by atoms with E-state index in [1.165, 1.54) is 7.05 Å². The van der Waals surface area contributed by atoms with E-state index in [9.17, 15) is 4.79 Å². The lowest BCUT2D eigenvalue weighted by Crippen LogP contribution is -2.43. The van der Waals surface area contributed by atoms with Gasteiger partial charge in [-0.15, -0.1) is 0 Å². The van der Waals surface area contributed by atoms with Crippen LogP contribution in [0.15, 0.2) is 30.5 Å². The number of nitrogens with zero attached hydrogens (tertiary/aromatic N) is 2. The Bertz CT molecular complexity index is 791. The van der Waals surface area contributed by atoms with Crippen molar-refractivity contribution in [2.24, 2.45) is 11.7 Å². The van der Waals surface area contributed by atoms with Gasteiger partial charge in [0.2, 0.25) is 5.88 Å². The number of carbonyl (C=O) groups excluding carboxylic acids is 1. The Kier molecular flexibility index (Phi) is 6.74. The van der Waals surface area contributed by atoms with Gasteiger partial charge in [-0.05, 0) is 44.4 Å². The Balaban J connectivity index is 2.12. The molecule has 0 unspecified atom stereocenters. The molecule has 3 N–H and O–H groups in total. The van der Waals surface area contributed by atoms with Gasteiger partial charge in [-0.3, -0.25) is 0 Å². The number of hydrogen-bond donors (Lipinski definition) is 2. The standard InChI is InChI=1S/C20H28N4O3/c1-13(2)11-20(4,21)12-26-17-7-6-16(24-14(17)3)15-8-9-23-18(10-15)27-19(25)22-5/h6-10,13H,11-12,21H2,1-5H3,(H,22,25)/t20-/m0/s1. The van der Waals surface area contributed by atoms with Crippen molar-refractivity contribution in [3.63, 3.8) is 0 Å². The van der Waals surface area contributed by atoms with Crippen molar-refractivity contribution in [3.8, 4) is 22.9 Å². The van der Waals surface area contributed by atoms with Crippen LogP contribution in [0.2, 0.25) is 0 Å². The molecule has 2 aromatic rings. The first kappa shape index (κ1) is 20.6. The molecule has 0 aliphatic rings. The Morgan fingerprint density at radius 2 is 2.07 bits per heavy atom. The van der Waals surface area contributed by atoms with Crippen LogP contribution >= 0.6 is 0 Å². The van der Waals surface area contributed by atoms with Crippen molar-refractivity contribution in [2.45, 2.75) is 39.7 Å². The maximum Gasteiger partial charge on any atom is 0.413 e. The Morgan fingerprint density at radius 1 is 1.33 bits per heavy atom. The molecule has 7 nitrogen and oxygen atoms in total. The molecule has 0 spiro atoms. The van der Waals surface area contributed by atoms with E-state index in [1.54, 1.807) is 18.3 Å². The third-order valence-electron chi connectivity index (χ3n) is 3.90. The van der Waals surface area contributed by atoms with Crippen molar-refractivity contribution in [2.75, 3.05) is 13.7 Å². The highest BCUT2D eigenvalue weighted by Gasteiger charge is 2.21. The van der Waals surface area contributed by atoms with Gasteiger partial charge in [-0.2, -0.15) is 0 Å². The number of carbonyl (C=O) groups is 1. The molecule has 146 valence electrons. The molecule has 0 saturated carbocycles. The minimum atomic E-state index is -0.571. The lowest BCUT2D eigenvalue weighted by Gasteiger charge is -2.27. The Labute approximate surface area is 160 Å². The predicted octanol–water partition coefficient (Wildman–Crippen LogP) is 3.31. The molecule has 0 aliphatic carbocycles. The first-order chi connectivity index (χ1) is 12.7. The van der Waals surface area contributed by atoms with Crippen LogP contribution in [-0.4, -0.2) is 35.3 Å². The molecule has 0 saturated heterocycles. The summed E-state index contributed by atoms with van der Waals surface area (Å²) in [5.74, 6) is 1.41. The number of nitrogens with two attached hydrogens (primary N) is 1. The maximum atomic E-state index is 11.3. The fourth-order valence-electron chi connectivity index (χ4n) is 2.87. The number of aryl methyl sites for hydroxylation is 1. The highest BCUT2D eigenvalue weighted by atomic mass is 16.6. The maximum absolute atomic E-state index is 11.3. The normalized spacial score (nSPS) is 13.1. The summed E-state index contributed by atoms with van der Waals surface area (Å²) in [6, 6.07) is 7.20. The number of ether oxygens (including phenoxy) is 2. The quantitative estimate of drug-likeness (QED) is 0.773. The molecule has 1 amide bonds. The molecule has 0 aromatic carbocycles. The van der Waals surface area contributed by atoms with Gasteiger partial charge in [-0.1, -0.05) is 13.8 Å². The summed E-state index contributed by atoms with van der Waals surface area (Å²) in [4.78, 5) is 20.0. The number of nitrogens with one attached hydrogen (secondary N) is 1. The highest BCUT2D eigenvalue weighted by Crippen LogP contribution is 2.25. The van der Waals surface area contributed by atoms with E-state index in [0.717, 1.165) is 23.4 Å². The highest BCUT2D eigenvalue weighted by molar-refractivity contribution is 5.70. The number of aromatic nitrogens is 2. The van der Waals surface area contributed by atoms with Crippen LogP contribution in [0, 0.1) is 12.8 Å². The van der Waals surface area contributed by atoms with Gasteiger partial charge in [0.05, 0.1) is 11.4 Å². The van der Waals surface area contributed by atoms with E-state index in [-0.39, 0.29) is 5.88 Å². The average Bonchev–Trinajstić information content (AvgIpc) is 2.59. The van der Waals surface area contributed by atoms with Gasteiger partial charge < -0.3 is 20.5 Å². The van der Waals surface area contributed by atoms with Crippen molar-refractivity contribution in [1.29, 1.82) is 0 Å². The zero-order valence-electron chi connectivity index (χ0n) is 16.6. The fraction of sp³-hybridized carbons (Fsp3) is 0.450. The van der Waals surface area contributed by atoms with Crippen molar-refractivity contribution in [3.05, 3.63) is 36.2 Å². The molecule has 0 radical (unpaired) electrons. The molecule has 0 aliphatic heterocycles. The number of hydrogen-bond acceptors (Lipinski definition) is 6. The summed E-state index contributed by atoms with van der Waals surface area (Å²) >= 11 is 0. The van der Waals surface area contributed by atoms with Crippen LogP contribution in [0.25, 0.3) is 11.3 Å². The van der Waals surface area contributed by atoms with Crippen molar-refractivity contribution >= 4 is 6.09 Å². The van der Waals surface area contributed by atoms with Gasteiger partial charge in [-0.25, -0.2) is 14.8 Å². The number of amides is 1. The van der Waals surface area contributed by atoms with Crippen LogP contribution in [0.4, 0.5) is 4.79 Å². The second-order valence-electron chi connectivity index (χ2n) is 7.34. The third kappa shape index (κ3) is 6.21. The minimum Gasteiger partial charge on any atom is -0.490 e. The summed E-state index contributed by atoms with van der Waals surface area (Å²) < 4.78 is 11.0. The first-order valence-electron chi connectivity index (χ1n) is 8.95. The minimum absolute atomic E-state index is 0.208. The second-order valence-corrected chi connectivity index (χ2v) is 7.34. The van der Waals surface area contributed by atoms with E-state index in [1.807, 2.05) is 26.0 Å². The van der Waals surface area contributed by atoms with Crippen LogP contribution in [0.1, 0.15) is 32.9 Å². The molecular formula is C20H28N4O3. The molecule has 2 heterocycles. The van der Waals surface area contributed by atoms with E-state index < -0.39 is 11.6 Å². The molecule has 7 heteroatoms. The van der Waals surface area contributed by atoms with Gasteiger partial charge in [0.15, 0.2) is 0 Å². The van der Waals surface area contributed by atoms with Crippen LogP contribution in [0.3, 0.4) is 0 Å². The summed E-state index contributed by atoms with van der Waals surface area (Å²) in [7, 11) is 1.49. The first-order valence-corrected chi connectivity index (χ1v) is 8.95. The average molecular weight is 372 g/mol. The lowest BCUT2D eigenvalue weighted by atomic mass is 9.93. The second kappa shape index (κ2) is 8.81. The third-order valence-corrected chi connectivity index (χ3v) is 3.90. The Morgan fingerprint density at radius 3 is 2.70 bits per heavy atom. The molecule has 1 atom stereocenters. The molecule has 0 fully saturated rings. The zero-order valence-corrected chi connectivity index (χ0v) is 16.6. The van der Waals surface area contributed by atoms with E-state index in [0.29, 0.717) is 18.3 Å². The van der Waals surface area contributed by atoms with Gasteiger partial charge in [0.25, 0.3) is 0 Å². The van der Waals surface area contributed by atoms with Crippen LogP contribution in [0.5, 0.6) is 11.6 Å². The number of pyridine rings is 2. The van der Waals surface area contributed by atoms with E-state index >= 15 is 0 Å². The fourth-order valence-corrected chi connectivity index (χ4v) is 2.87. The molecular weight excluding hydrogens is 344 g/mol. The van der Waals surface area contributed by atoms with Crippen LogP contribution in [-0.2, 0) is 0 Å². The SMILES string of the molecule is CNC(=O)Oc1cc(-c2ccc(OC[C@@](C)(N)CC(C)C)c(C)n2)ccn1. The lowest BCUT2D eigenvalue weighted by molar-refractivity contribution is 0.201. The monoisotopic (exact) mass is 372 g/mol. The molecule has 0 bridgehead atoms. The smallest absolute Gasteiger partial charge is 0.413 e. The van der Waals surface area contributed by atoms with Crippen molar-refractivity contribution < 1.29 is 14.3 Å². The topological polar surface area (TPSA) is 99.4 Å². The van der Waals surface area contributed by atoms with Crippen molar-refractivity contribution in [1.82, 2.24) is 15.3 Å². The van der Waals surface area contributed by atoms with Crippen LogP contribution < -0.4 is 20.5 Å². The summed E-state index contributed by atoms with van der Waals surface area (Å²) in [5.41, 5.74) is 8.21. The van der Waals surface area contributed by atoms with Gasteiger partial charge in [0, 0.05) is 30.4 Å². The predicted molar refractivity (Wildman–Crippen MR) is 105 cm³/mol. The summed E-state index contributed by atoms with van der Waals surface area (Å²) in [6.07, 6.45) is 1.88. The largest absolute Gasteiger partial charge is 0.490 e. The number of rotatable bonds is 7. The van der Waals surface area contributed by atoms with E-state index in [4.69, 9.17) is 15.2 Å². The Hall–Kier alpha value is -2.67.